The van der Waals surface area contributed by atoms with Crippen LogP contribution in [0.4, 0.5) is 4.39 Å². The molecular weight excluding hydrogens is 371 g/mol. The number of thiazole rings is 1. The molecule has 26 heavy (non-hydrogen) atoms. The van der Waals surface area contributed by atoms with Crippen molar-refractivity contribution in [2.24, 2.45) is 0 Å². The lowest BCUT2D eigenvalue weighted by Crippen LogP contribution is -2.27. The van der Waals surface area contributed by atoms with Gasteiger partial charge in [0, 0.05) is 28.1 Å². The molecule has 0 bridgehead atoms. The van der Waals surface area contributed by atoms with Crippen molar-refractivity contribution in [1.82, 2.24) is 10.3 Å². The Balaban J connectivity index is 1.51. The number of hydrogen-bond donors (Lipinski definition) is 1. The van der Waals surface area contributed by atoms with Gasteiger partial charge in [0.15, 0.2) is 0 Å². The first-order chi connectivity index (χ1) is 12.5. The van der Waals surface area contributed by atoms with E-state index in [9.17, 15) is 9.18 Å². The van der Waals surface area contributed by atoms with E-state index < -0.39 is 5.82 Å². The lowest BCUT2D eigenvalue weighted by Gasteiger charge is -2.08. The minimum atomic E-state index is -0.458. The Morgan fingerprint density at radius 3 is 2.65 bits per heavy atom. The van der Waals surface area contributed by atoms with Gasteiger partial charge in [-0.25, -0.2) is 9.37 Å². The van der Waals surface area contributed by atoms with Crippen molar-refractivity contribution in [2.45, 2.75) is 19.8 Å². The van der Waals surface area contributed by atoms with Crippen LogP contribution in [-0.4, -0.2) is 17.4 Å². The van der Waals surface area contributed by atoms with Crippen LogP contribution < -0.4 is 5.32 Å². The Kier molecular flexibility index (Phi) is 6.01. The first-order valence-electron chi connectivity index (χ1n) is 8.24. The fraction of sp³-hybridized carbons (Fsp3) is 0.200. The summed E-state index contributed by atoms with van der Waals surface area (Å²) in [6.45, 7) is 2.47. The van der Waals surface area contributed by atoms with Crippen LogP contribution in [0.3, 0.4) is 0 Å². The third kappa shape index (κ3) is 4.68. The maximum absolute atomic E-state index is 13.7. The highest BCUT2D eigenvalue weighted by molar-refractivity contribution is 7.09. The molecule has 3 aromatic rings. The highest BCUT2D eigenvalue weighted by atomic mass is 35.5. The molecule has 134 valence electrons. The number of hydrogen-bond acceptors (Lipinski definition) is 3. The molecule has 1 aromatic heterocycles. The van der Waals surface area contributed by atoms with Crippen LogP contribution in [0.5, 0.6) is 0 Å². The quantitative estimate of drug-likeness (QED) is 0.658. The average molecular weight is 389 g/mol. The standard InChI is InChI=1S/C20H18ClFN2OS/c1-13-24-19(12-26-13)15-7-5-14(6-8-15)9-10-23-20(25)11-16-17(21)3-2-4-18(16)22/h2-8,12H,9-11H2,1H3,(H,23,25). The number of nitrogens with zero attached hydrogens (tertiary/aromatic N) is 1. The van der Waals surface area contributed by atoms with E-state index in [4.69, 9.17) is 11.6 Å². The Hall–Kier alpha value is -2.24. The first kappa shape index (κ1) is 18.5. The fourth-order valence-corrected chi connectivity index (χ4v) is 3.46. The molecule has 0 fully saturated rings. The number of halogens is 2. The van der Waals surface area contributed by atoms with Crippen LogP contribution in [0.1, 0.15) is 16.1 Å². The lowest BCUT2D eigenvalue weighted by molar-refractivity contribution is -0.120. The number of aromatic nitrogens is 1. The topological polar surface area (TPSA) is 42.0 Å². The molecule has 0 spiro atoms. The van der Waals surface area contributed by atoms with Crippen LogP contribution in [0, 0.1) is 12.7 Å². The zero-order valence-electron chi connectivity index (χ0n) is 14.3. The van der Waals surface area contributed by atoms with Gasteiger partial charge in [0.2, 0.25) is 5.91 Å². The van der Waals surface area contributed by atoms with Crippen molar-refractivity contribution in [3.8, 4) is 11.3 Å². The van der Waals surface area contributed by atoms with Crippen molar-refractivity contribution < 1.29 is 9.18 Å². The Morgan fingerprint density at radius 1 is 1.23 bits per heavy atom. The van der Waals surface area contributed by atoms with E-state index in [0.29, 0.717) is 13.0 Å². The first-order valence-corrected chi connectivity index (χ1v) is 9.50. The van der Waals surface area contributed by atoms with Gasteiger partial charge >= 0.3 is 0 Å². The number of amides is 1. The lowest BCUT2D eigenvalue weighted by atomic mass is 10.1. The molecule has 0 aliphatic carbocycles. The highest BCUT2D eigenvalue weighted by Crippen LogP contribution is 2.22. The van der Waals surface area contributed by atoms with Crippen molar-refractivity contribution >= 4 is 28.8 Å². The third-order valence-corrected chi connectivity index (χ3v) is 5.13. The van der Waals surface area contributed by atoms with Crippen LogP contribution >= 0.6 is 22.9 Å². The van der Waals surface area contributed by atoms with E-state index in [1.165, 1.54) is 12.1 Å². The van der Waals surface area contributed by atoms with Crippen molar-refractivity contribution in [1.29, 1.82) is 0 Å². The molecule has 0 saturated heterocycles. The van der Waals surface area contributed by atoms with Gasteiger partial charge in [-0.15, -0.1) is 11.3 Å². The van der Waals surface area contributed by atoms with E-state index in [-0.39, 0.29) is 22.9 Å². The maximum atomic E-state index is 13.7. The van der Waals surface area contributed by atoms with E-state index in [0.717, 1.165) is 21.8 Å². The number of carbonyl (C=O) groups excluding carboxylic acids is 1. The summed E-state index contributed by atoms with van der Waals surface area (Å²) in [6.07, 6.45) is 0.640. The van der Waals surface area contributed by atoms with Crippen LogP contribution in [0.15, 0.2) is 47.8 Å². The molecule has 1 N–H and O–H groups in total. The number of rotatable bonds is 6. The molecule has 6 heteroatoms. The largest absolute Gasteiger partial charge is 0.355 e. The highest BCUT2D eigenvalue weighted by Gasteiger charge is 2.11. The summed E-state index contributed by atoms with van der Waals surface area (Å²) in [5.74, 6) is -0.702. The minimum Gasteiger partial charge on any atom is -0.355 e. The second-order valence-electron chi connectivity index (χ2n) is 5.93. The molecule has 0 atom stereocenters. The molecule has 0 aliphatic heterocycles. The number of benzene rings is 2. The normalized spacial score (nSPS) is 10.7. The predicted molar refractivity (Wildman–Crippen MR) is 104 cm³/mol. The summed E-state index contributed by atoms with van der Waals surface area (Å²) in [5.41, 5.74) is 3.41. The van der Waals surface area contributed by atoms with E-state index in [2.05, 4.69) is 10.3 Å². The van der Waals surface area contributed by atoms with Gasteiger partial charge in [-0.1, -0.05) is 41.9 Å². The predicted octanol–water partition coefficient (Wildman–Crippen LogP) is 4.81. The zero-order chi connectivity index (χ0) is 18.5. The van der Waals surface area contributed by atoms with Crippen molar-refractivity contribution in [2.75, 3.05) is 6.54 Å². The molecule has 3 rings (SSSR count). The van der Waals surface area contributed by atoms with Gasteiger partial charge in [-0.2, -0.15) is 0 Å². The third-order valence-electron chi connectivity index (χ3n) is 4.00. The van der Waals surface area contributed by atoms with Crippen LogP contribution in [0.25, 0.3) is 11.3 Å². The van der Waals surface area contributed by atoms with Gasteiger partial charge in [-0.05, 0) is 31.0 Å². The number of aryl methyl sites for hydroxylation is 1. The summed E-state index contributed by atoms with van der Waals surface area (Å²) in [5, 5.41) is 6.16. The van der Waals surface area contributed by atoms with Gasteiger partial charge in [0.25, 0.3) is 0 Å². The number of nitrogens with one attached hydrogen (secondary N) is 1. The van der Waals surface area contributed by atoms with Gasteiger partial charge in [0.05, 0.1) is 17.1 Å². The molecular formula is C20H18ClFN2OS. The monoisotopic (exact) mass is 388 g/mol. The van der Waals surface area contributed by atoms with Gasteiger partial charge in [0.1, 0.15) is 5.82 Å². The minimum absolute atomic E-state index is 0.0619. The van der Waals surface area contributed by atoms with Crippen molar-refractivity contribution in [3.63, 3.8) is 0 Å². The van der Waals surface area contributed by atoms with Crippen LogP contribution in [0.2, 0.25) is 5.02 Å². The molecule has 1 amide bonds. The van der Waals surface area contributed by atoms with E-state index in [1.54, 1.807) is 17.4 Å². The fourth-order valence-electron chi connectivity index (χ4n) is 2.61. The molecule has 0 aliphatic rings. The number of carbonyl (C=O) groups is 1. The molecule has 0 radical (unpaired) electrons. The SMILES string of the molecule is Cc1nc(-c2ccc(CCNC(=O)Cc3c(F)cccc3Cl)cc2)cs1. The second kappa shape index (κ2) is 8.43. The van der Waals surface area contributed by atoms with Crippen molar-refractivity contribution in [3.05, 3.63) is 74.8 Å². The Labute approximate surface area is 160 Å². The van der Waals surface area contributed by atoms with Crippen LogP contribution in [-0.2, 0) is 17.6 Å². The molecule has 2 aromatic carbocycles. The molecule has 0 saturated carbocycles. The maximum Gasteiger partial charge on any atom is 0.224 e. The molecule has 0 unspecified atom stereocenters. The summed E-state index contributed by atoms with van der Waals surface area (Å²) >= 11 is 7.57. The average Bonchev–Trinajstić information content (AvgIpc) is 3.05. The Bertz CT molecular complexity index is 888. The van der Waals surface area contributed by atoms with E-state index >= 15 is 0 Å². The Morgan fingerprint density at radius 2 is 2.00 bits per heavy atom. The zero-order valence-corrected chi connectivity index (χ0v) is 15.8. The summed E-state index contributed by atoms with van der Waals surface area (Å²) in [7, 11) is 0. The van der Waals surface area contributed by atoms with E-state index in [1.807, 2.05) is 36.6 Å². The van der Waals surface area contributed by atoms with Gasteiger partial charge < -0.3 is 5.32 Å². The smallest absolute Gasteiger partial charge is 0.224 e. The van der Waals surface area contributed by atoms with Gasteiger partial charge in [-0.3, -0.25) is 4.79 Å². The molecule has 3 nitrogen and oxygen atoms in total. The summed E-state index contributed by atoms with van der Waals surface area (Å²) in [4.78, 5) is 16.5. The summed E-state index contributed by atoms with van der Waals surface area (Å²) < 4.78 is 13.7. The second-order valence-corrected chi connectivity index (χ2v) is 7.40. The molecule has 1 heterocycles. The summed E-state index contributed by atoms with van der Waals surface area (Å²) in [6, 6.07) is 12.5.